The van der Waals surface area contributed by atoms with Crippen molar-refractivity contribution in [1.29, 1.82) is 0 Å². The summed E-state index contributed by atoms with van der Waals surface area (Å²) in [6, 6.07) is 11.6. The number of H-pyrrole nitrogens is 1. The van der Waals surface area contributed by atoms with Crippen molar-refractivity contribution in [2.75, 3.05) is 0 Å². The van der Waals surface area contributed by atoms with Crippen LogP contribution in [0.2, 0.25) is 0 Å². The van der Waals surface area contributed by atoms with Crippen LogP contribution in [0.25, 0.3) is 0 Å². The van der Waals surface area contributed by atoms with E-state index in [-0.39, 0.29) is 18.2 Å². The van der Waals surface area contributed by atoms with E-state index < -0.39 is 17.2 Å². The number of amides is 1. The highest BCUT2D eigenvalue weighted by Crippen LogP contribution is 2.29. The lowest BCUT2D eigenvalue weighted by atomic mass is 9.87. The van der Waals surface area contributed by atoms with Gasteiger partial charge in [0.25, 0.3) is 11.5 Å². The van der Waals surface area contributed by atoms with Gasteiger partial charge in [0.05, 0.1) is 12.6 Å². The molecule has 1 aliphatic rings. The molecule has 3 aromatic rings. The first kappa shape index (κ1) is 17.5. The molecule has 0 radical (unpaired) electrons. The number of nitrogens with zero attached hydrogens (tertiary/aromatic N) is 1. The molecule has 0 saturated carbocycles. The zero-order valence-corrected chi connectivity index (χ0v) is 15.4. The molecular weight excluding hydrogens is 362 g/mol. The van der Waals surface area contributed by atoms with E-state index in [0.717, 1.165) is 34.3 Å². The van der Waals surface area contributed by atoms with Crippen molar-refractivity contribution in [2.45, 2.75) is 31.8 Å². The van der Waals surface area contributed by atoms with Crippen molar-refractivity contribution in [1.82, 2.24) is 14.9 Å². The topological polar surface area (TPSA) is 84.0 Å². The van der Waals surface area contributed by atoms with Gasteiger partial charge in [0, 0.05) is 11.1 Å². The smallest absolute Gasteiger partial charge is 0.328 e. The first-order valence-electron chi connectivity index (χ1n) is 8.87. The van der Waals surface area contributed by atoms with Gasteiger partial charge in [-0.15, -0.1) is 11.3 Å². The highest BCUT2D eigenvalue weighted by Gasteiger charge is 2.23. The third-order valence-corrected chi connectivity index (χ3v) is 5.74. The van der Waals surface area contributed by atoms with Crippen molar-refractivity contribution in [3.05, 3.63) is 90.4 Å². The summed E-state index contributed by atoms with van der Waals surface area (Å²) in [5.41, 5.74) is 1.18. The zero-order chi connectivity index (χ0) is 18.8. The minimum atomic E-state index is -0.575. The molecule has 1 atom stereocenters. The predicted octanol–water partition coefficient (Wildman–Crippen LogP) is 2.45. The van der Waals surface area contributed by atoms with Crippen LogP contribution in [0, 0.1) is 0 Å². The summed E-state index contributed by atoms with van der Waals surface area (Å²) in [6.07, 6.45) is 4.01. The summed E-state index contributed by atoms with van der Waals surface area (Å²) in [6.45, 7) is 0.152. The maximum atomic E-state index is 12.8. The van der Waals surface area contributed by atoms with Gasteiger partial charge in [-0.25, -0.2) is 4.79 Å². The Morgan fingerprint density at radius 1 is 1.22 bits per heavy atom. The number of hydrogen-bond acceptors (Lipinski definition) is 4. The van der Waals surface area contributed by atoms with Crippen LogP contribution < -0.4 is 16.6 Å². The number of carbonyl (C=O) groups excluding carboxylic acids is 1. The largest absolute Gasteiger partial charge is 0.345 e. The molecule has 1 amide bonds. The number of fused-ring (bicyclic) bond motifs is 1. The second-order valence-corrected chi connectivity index (χ2v) is 7.63. The zero-order valence-electron chi connectivity index (χ0n) is 14.6. The van der Waals surface area contributed by atoms with Gasteiger partial charge in [0.2, 0.25) is 0 Å². The Morgan fingerprint density at radius 3 is 2.89 bits per heavy atom. The fraction of sp³-hybridized carbons (Fsp3) is 0.250. The third-order valence-electron chi connectivity index (χ3n) is 4.87. The molecule has 2 heterocycles. The number of benzene rings is 1. The fourth-order valence-corrected chi connectivity index (χ4v) is 4.21. The van der Waals surface area contributed by atoms with Gasteiger partial charge in [-0.1, -0.05) is 30.3 Å². The van der Waals surface area contributed by atoms with Crippen molar-refractivity contribution in [2.24, 2.45) is 0 Å². The Balaban J connectivity index is 1.62. The first-order chi connectivity index (χ1) is 13.1. The van der Waals surface area contributed by atoms with E-state index in [2.05, 4.69) is 16.4 Å². The Kier molecular flexibility index (Phi) is 4.77. The second kappa shape index (κ2) is 7.36. The average molecular weight is 381 g/mol. The number of nitrogens with one attached hydrogen (secondary N) is 2. The number of aromatic amines is 1. The fourth-order valence-electron chi connectivity index (χ4n) is 3.52. The number of thiophene rings is 1. The lowest BCUT2D eigenvalue weighted by Crippen LogP contribution is -2.41. The van der Waals surface area contributed by atoms with Gasteiger partial charge in [0.1, 0.15) is 5.56 Å². The van der Waals surface area contributed by atoms with Crippen LogP contribution in [0.15, 0.2) is 57.6 Å². The molecular formula is C20H19N3O3S. The summed E-state index contributed by atoms with van der Waals surface area (Å²) >= 11 is 1.46. The van der Waals surface area contributed by atoms with E-state index in [1.807, 2.05) is 35.7 Å². The Hall–Kier alpha value is -2.93. The molecule has 2 aromatic heterocycles. The van der Waals surface area contributed by atoms with Crippen LogP contribution in [0.3, 0.4) is 0 Å². The summed E-state index contributed by atoms with van der Waals surface area (Å²) in [7, 11) is 0. The van der Waals surface area contributed by atoms with Gasteiger partial charge in [-0.3, -0.25) is 14.2 Å². The number of carbonyl (C=O) groups is 1. The second-order valence-electron chi connectivity index (χ2n) is 6.60. The number of rotatable bonds is 4. The number of aromatic nitrogens is 2. The van der Waals surface area contributed by atoms with Crippen molar-refractivity contribution in [3.8, 4) is 0 Å². The normalized spacial score (nSPS) is 15.9. The standard InChI is InChI=1S/C20H19N3O3S/c24-18(22-17-9-3-6-13-5-1-2-8-15(13)17)16-11-21-20(26)23(19(16)25)12-14-7-4-10-27-14/h1-2,4-5,7-8,10-11,17H,3,6,9,12H2,(H,21,26)(H,22,24). The molecule has 6 nitrogen and oxygen atoms in total. The molecule has 27 heavy (non-hydrogen) atoms. The summed E-state index contributed by atoms with van der Waals surface area (Å²) < 4.78 is 1.07. The van der Waals surface area contributed by atoms with E-state index in [1.54, 1.807) is 0 Å². The van der Waals surface area contributed by atoms with Crippen LogP contribution in [0.5, 0.6) is 0 Å². The number of hydrogen-bond donors (Lipinski definition) is 2. The number of aryl methyl sites for hydroxylation is 1. The van der Waals surface area contributed by atoms with E-state index in [0.29, 0.717) is 0 Å². The molecule has 7 heteroatoms. The average Bonchev–Trinajstić information content (AvgIpc) is 3.18. The first-order valence-corrected chi connectivity index (χ1v) is 9.75. The van der Waals surface area contributed by atoms with Crippen LogP contribution >= 0.6 is 11.3 Å². The summed E-state index contributed by atoms with van der Waals surface area (Å²) in [5.74, 6) is -0.460. The van der Waals surface area contributed by atoms with Gasteiger partial charge < -0.3 is 10.3 Å². The Bertz CT molecular complexity index is 1080. The molecule has 1 aromatic carbocycles. The molecule has 0 aliphatic heterocycles. The Morgan fingerprint density at radius 2 is 2.07 bits per heavy atom. The molecule has 1 unspecified atom stereocenters. The van der Waals surface area contributed by atoms with Gasteiger partial charge in [-0.2, -0.15) is 0 Å². The van der Waals surface area contributed by atoms with Gasteiger partial charge in [0.15, 0.2) is 0 Å². The maximum absolute atomic E-state index is 12.8. The minimum absolute atomic E-state index is 0.0470. The van der Waals surface area contributed by atoms with Crippen LogP contribution in [-0.2, 0) is 13.0 Å². The SMILES string of the molecule is O=C(NC1CCCc2ccccc21)c1c[nH]c(=O)n(Cc2cccs2)c1=O. The molecule has 138 valence electrons. The maximum Gasteiger partial charge on any atom is 0.328 e. The van der Waals surface area contributed by atoms with Crippen LogP contribution in [-0.4, -0.2) is 15.5 Å². The van der Waals surface area contributed by atoms with Crippen molar-refractivity contribution in [3.63, 3.8) is 0 Å². The third kappa shape index (κ3) is 3.50. The van der Waals surface area contributed by atoms with E-state index >= 15 is 0 Å². The van der Waals surface area contributed by atoms with Crippen LogP contribution in [0.1, 0.15) is 45.2 Å². The molecule has 0 spiro atoms. The molecule has 0 bridgehead atoms. The van der Waals surface area contributed by atoms with Crippen molar-refractivity contribution < 1.29 is 4.79 Å². The molecule has 0 fully saturated rings. The monoisotopic (exact) mass is 381 g/mol. The van der Waals surface area contributed by atoms with E-state index in [9.17, 15) is 14.4 Å². The minimum Gasteiger partial charge on any atom is -0.345 e. The Labute approximate surface area is 159 Å². The van der Waals surface area contributed by atoms with Crippen molar-refractivity contribution >= 4 is 17.2 Å². The summed E-state index contributed by atoms with van der Waals surface area (Å²) in [5, 5.41) is 4.85. The highest BCUT2D eigenvalue weighted by atomic mass is 32.1. The molecule has 0 saturated heterocycles. The quantitative estimate of drug-likeness (QED) is 0.728. The predicted molar refractivity (Wildman–Crippen MR) is 104 cm³/mol. The summed E-state index contributed by atoms with van der Waals surface area (Å²) in [4.78, 5) is 41.0. The molecule has 4 rings (SSSR count). The highest BCUT2D eigenvalue weighted by molar-refractivity contribution is 7.09. The molecule has 2 N–H and O–H groups in total. The van der Waals surface area contributed by atoms with Gasteiger partial charge >= 0.3 is 5.69 Å². The van der Waals surface area contributed by atoms with Crippen LogP contribution in [0.4, 0.5) is 0 Å². The molecule has 1 aliphatic carbocycles. The van der Waals surface area contributed by atoms with Gasteiger partial charge in [-0.05, 0) is 41.8 Å². The lowest BCUT2D eigenvalue weighted by Gasteiger charge is -2.26. The lowest BCUT2D eigenvalue weighted by molar-refractivity contribution is 0.0930. The van der Waals surface area contributed by atoms with E-state index in [1.165, 1.54) is 23.1 Å². The van der Waals surface area contributed by atoms with E-state index in [4.69, 9.17) is 0 Å².